The maximum Gasteiger partial charge on any atom is 0.354 e. The quantitative estimate of drug-likeness (QED) is 0.848. The Labute approximate surface area is 99.3 Å². The van der Waals surface area contributed by atoms with E-state index in [9.17, 15) is 4.79 Å². The molecule has 0 aliphatic rings. The van der Waals surface area contributed by atoms with Crippen molar-refractivity contribution < 1.29 is 9.90 Å². The van der Waals surface area contributed by atoms with E-state index in [4.69, 9.17) is 5.11 Å². The zero-order valence-corrected chi connectivity index (χ0v) is 9.60. The molecular formula is C13H14N2O2. The normalized spacial score (nSPS) is 10.4. The molecule has 0 spiro atoms. The van der Waals surface area contributed by atoms with E-state index >= 15 is 0 Å². The Hall–Kier alpha value is -2.10. The van der Waals surface area contributed by atoms with Gasteiger partial charge in [-0.15, -0.1) is 0 Å². The molecule has 0 saturated carbocycles. The third kappa shape index (κ3) is 2.20. The Kier molecular flexibility index (Phi) is 3.23. The molecule has 1 aromatic heterocycles. The van der Waals surface area contributed by atoms with Gasteiger partial charge in [-0.3, -0.25) is 5.10 Å². The van der Waals surface area contributed by atoms with Crippen LogP contribution in [-0.2, 0) is 6.42 Å². The highest BCUT2D eigenvalue weighted by Crippen LogP contribution is 2.24. The molecule has 0 amide bonds. The van der Waals surface area contributed by atoms with E-state index in [0.717, 1.165) is 23.2 Å². The highest BCUT2D eigenvalue weighted by Gasteiger charge is 2.18. The van der Waals surface area contributed by atoms with Crippen molar-refractivity contribution in [3.63, 3.8) is 0 Å². The second-order valence-corrected chi connectivity index (χ2v) is 3.85. The summed E-state index contributed by atoms with van der Waals surface area (Å²) in [6, 6.07) is 9.62. The second kappa shape index (κ2) is 4.82. The molecule has 1 heterocycles. The van der Waals surface area contributed by atoms with Crippen LogP contribution >= 0.6 is 0 Å². The van der Waals surface area contributed by atoms with E-state index in [1.54, 1.807) is 0 Å². The Morgan fingerprint density at radius 1 is 1.35 bits per heavy atom. The lowest BCUT2D eigenvalue weighted by Crippen LogP contribution is -2.01. The predicted molar refractivity (Wildman–Crippen MR) is 65.0 cm³/mol. The summed E-state index contributed by atoms with van der Waals surface area (Å²) < 4.78 is 0. The van der Waals surface area contributed by atoms with Crippen molar-refractivity contribution in [2.45, 2.75) is 19.8 Å². The van der Waals surface area contributed by atoms with Crippen molar-refractivity contribution in [2.75, 3.05) is 0 Å². The zero-order valence-electron chi connectivity index (χ0n) is 9.60. The minimum absolute atomic E-state index is 0.200. The molecule has 0 bridgehead atoms. The number of benzene rings is 1. The summed E-state index contributed by atoms with van der Waals surface area (Å²) >= 11 is 0. The molecule has 0 atom stereocenters. The first-order chi connectivity index (χ1) is 8.24. The summed E-state index contributed by atoms with van der Waals surface area (Å²) in [6.07, 6.45) is 1.60. The number of rotatable bonds is 4. The van der Waals surface area contributed by atoms with Gasteiger partial charge in [-0.25, -0.2) is 4.79 Å². The number of carboxylic acids is 1. The molecule has 2 N–H and O–H groups in total. The van der Waals surface area contributed by atoms with Gasteiger partial charge in [0.05, 0.1) is 5.69 Å². The third-order valence-electron chi connectivity index (χ3n) is 2.63. The summed E-state index contributed by atoms with van der Waals surface area (Å²) in [7, 11) is 0. The molecule has 0 unspecified atom stereocenters. The fourth-order valence-electron chi connectivity index (χ4n) is 1.87. The molecule has 4 nitrogen and oxygen atoms in total. The van der Waals surface area contributed by atoms with E-state index in [1.807, 2.05) is 37.3 Å². The largest absolute Gasteiger partial charge is 0.477 e. The van der Waals surface area contributed by atoms with Crippen molar-refractivity contribution in [2.24, 2.45) is 0 Å². The predicted octanol–water partition coefficient (Wildman–Crippen LogP) is 2.73. The smallest absolute Gasteiger partial charge is 0.354 e. The van der Waals surface area contributed by atoms with Gasteiger partial charge >= 0.3 is 5.97 Å². The zero-order chi connectivity index (χ0) is 12.3. The Morgan fingerprint density at radius 3 is 2.65 bits per heavy atom. The maximum atomic E-state index is 11.1. The number of aromatic carboxylic acids is 1. The van der Waals surface area contributed by atoms with Gasteiger partial charge < -0.3 is 5.11 Å². The number of nitrogens with zero attached hydrogens (tertiary/aromatic N) is 1. The lowest BCUT2D eigenvalue weighted by atomic mass is 10.0. The summed E-state index contributed by atoms with van der Waals surface area (Å²) in [5.41, 5.74) is 2.67. The lowest BCUT2D eigenvalue weighted by molar-refractivity contribution is 0.0689. The molecule has 88 valence electrons. The van der Waals surface area contributed by atoms with Gasteiger partial charge in [0, 0.05) is 11.1 Å². The van der Waals surface area contributed by atoms with Crippen LogP contribution in [0.15, 0.2) is 30.3 Å². The SMILES string of the molecule is CCCc1c(-c2ccccc2)n[nH]c1C(=O)O. The Morgan fingerprint density at radius 2 is 2.06 bits per heavy atom. The summed E-state index contributed by atoms with van der Waals surface area (Å²) in [6.45, 7) is 2.02. The fraction of sp³-hybridized carbons (Fsp3) is 0.231. The Bertz CT molecular complexity index is 517. The van der Waals surface area contributed by atoms with Crippen LogP contribution in [0, 0.1) is 0 Å². The van der Waals surface area contributed by atoms with Gasteiger partial charge in [0.2, 0.25) is 0 Å². The van der Waals surface area contributed by atoms with Crippen LogP contribution in [0.1, 0.15) is 29.4 Å². The lowest BCUT2D eigenvalue weighted by Gasteiger charge is -2.02. The highest BCUT2D eigenvalue weighted by atomic mass is 16.4. The van der Waals surface area contributed by atoms with Crippen molar-refractivity contribution in [3.8, 4) is 11.3 Å². The number of hydrogen-bond donors (Lipinski definition) is 2. The molecule has 4 heteroatoms. The average Bonchev–Trinajstić information content (AvgIpc) is 2.75. The van der Waals surface area contributed by atoms with Crippen LogP contribution in [0.25, 0.3) is 11.3 Å². The molecule has 0 aliphatic heterocycles. The standard InChI is InChI=1S/C13H14N2O2/c1-2-6-10-11(9-7-4-3-5-8-9)14-15-12(10)13(16)17/h3-5,7-8H,2,6H2,1H3,(H,14,15)(H,16,17). The van der Waals surface area contributed by atoms with Crippen LogP contribution < -0.4 is 0 Å². The fourth-order valence-corrected chi connectivity index (χ4v) is 1.87. The van der Waals surface area contributed by atoms with Gasteiger partial charge in [-0.2, -0.15) is 5.10 Å². The number of carboxylic acid groups (broad SMARTS) is 1. The molecule has 0 radical (unpaired) electrons. The van der Waals surface area contributed by atoms with Gasteiger partial charge in [0.1, 0.15) is 5.69 Å². The summed E-state index contributed by atoms with van der Waals surface area (Å²) in [4.78, 5) is 11.1. The minimum atomic E-state index is -0.955. The number of carbonyl (C=O) groups is 1. The molecular weight excluding hydrogens is 216 g/mol. The van der Waals surface area contributed by atoms with E-state index in [-0.39, 0.29) is 5.69 Å². The minimum Gasteiger partial charge on any atom is -0.477 e. The van der Waals surface area contributed by atoms with E-state index in [0.29, 0.717) is 6.42 Å². The number of aromatic amines is 1. The van der Waals surface area contributed by atoms with E-state index in [1.165, 1.54) is 0 Å². The van der Waals surface area contributed by atoms with Crippen LogP contribution in [0.3, 0.4) is 0 Å². The maximum absolute atomic E-state index is 11.1. The van der Waals surface area contributed by atoms with Crippen LogP contribution in [-0.4, -0.2) is 21.3 Å². The molecule has 0 aliphatic carbocycles. The van der Waals surface area contributed by atoms with Crippen molar-refractivity contribution in [3.05, 3.63) is 41.6 Å². The van der Waals surface area contributed by atoms with Crippen LogP contribution in [0.4, 0.5) is 0 Å². The molecule has 2 aromatic rings. The van der Waals surface area contributed by atoms with Crippen LogP contribution in [0.5, 0.6) is 0 Å². The first kappa shape index (κ1) is 11.4. The second-order valence-electron chi connectivity index (χ2n) is 3.85. The molecule has 0 saturated heterocycles. The van der Waals surface area contributed by atoms with E-state index < -0.39 is 5.97 Å². The first-order valence-corrected chi connectivity index (χ1v) is 5.60. The van der Waals surface area contributed by atoms with E-state index in [2.05, 4.69) is 10.2 Å². The highest BCUT2D eigenvalue weighted by molar-refractivity contribution is 5.89. The topological polar surface area (TPSA) is 66.0 Å². The molecule has 1 aromatic carbocycles. The van der Waals surface area contributed by atoms with Gasteiger partial charge in [0.15, 0.2) is 0 Å². The number of H-pyrrole nitrogens is 1. The summed E-state index contributed by atoms with van der Waals surface area (Å²) in [5.74, 6) is -0.955. The van der Waals surface area contributed by atoms with Gasteiger partial charge in [-0.1, -0.05) is 43.7 Å². The van der Waals surface area contributed by atoms with Crippen molar-refractivity contribution in [1.29, 1.82) is 0 Å². The van der Waals surface area contributed by atoms with Crippen LogP contribution in [0.2, 0.25) is 0 Å². The van der Waals surface area contributed by atoms with Gasteiger partial charge in [-0.05, 0) is 6.42 Å². The Balaban J connectivity index is 2.51. The summed E-state index contributed by atoms with van der Waals surface area (Å²) in [5, 5.41) is 15.8. The average molecular weight is 230 g/mol. The monoisotopic (exact) mass is 230 g/mol. The molecule has 17 heavy (non-hydrogen) atoms. The molecule has 0 fully saturated rings. The van der Waals surface area contributed by atoms with Gasteiger partial charge in [0.25, 0.3) is 0 Å². The number of nitrogens with one attached hydrogen (secondary N) is 1. The van der Waals surface area contributed by atoms with Crippen molar-refractivity contribution in [1.82, 2.24) is 10.2 Å². The number of hydrogen-bond acceptors (Lipinski definition) is 2. The molecule has 2 rings (SSSR count). The third-order valence-corrected chi connectivity index (χ3v) is 2.63. The first-order valence-electron chi connectivity index (χ1n) is 5.60. The number of aromatic nitrogens is 2. The van der Waals surface area contributed by atoms with Crippen molar-refractivity contribution >= 4 is 5.97 Å².